The van der Waals surface area contributed by atoms with E-state index >= 15 is 0 Å². The van der Waals surface area contributed by atoms with Gasteiger partial charge in [0.2, 0.25) is 0 Å². The van der Waals surface area contributed by atoms with Crippen molar-refractivity contribution in [2.75, 3.05) is 13.2 Å². The van der Waals surface area contributed by atoms with Crippen LogP contribution in [-0.4, -0.2) is 28.9 Å². The van der Waals surface area contributed by atoms with Gasteiger partial charge in [-0.15, -0.1) is 0 Å². The molecule has 16 heavy (non-hydrogen) atoms. The molecule has 1 saturated heterocycles. The lowest BCUT2D eigenvalue weighted by Crippen LogP contribution is -2.03. The van der Waals surface area contributed by atoms with Crippen LogP contribution in [-0.2, 0) is 4.74 Å². The van der Waals surface area contributed by atoms with E-state index in [9.17, 15) is 0 Å². The molecule has 82 valence electrons. The topological polar surface area (TPSA) is 39.6 Å². The second kappa shape index (κ2) is 3.98. The summed E-state index contributed by atoms with van der Waals surface area (Å²) >= 11 is 0. The molecule has 2 aromatic rings. The third-order valence-electron chi connectivity index (χ3n) is 2.48. The van der Waals surface area contributed by atoms with E-state index in [2.05, 4.69) is 4.98 Å². The predicted octanol–water partition coefficient (Wildman–Crippen LogP) is 1.65. The van der Waals surface area contributed by atoms with Crippen LogP contribution < -0.4 is 4.74 Å². The first-order chi connectivity index (χ1) is 7.92. The van der Waals surface area contributed by atoms with Crippen molar-refractivity contribution in [2.45, 2.75) is 6.10 Å². The van der Waals surface area contributed by atoms with Gasteiger partial charge in [-0.1, -0.05) is 0 Å². The zero-order valence-corrected chi connectivity index (χ0v) is 8.74. The summed E-state index contributed by atoms with van der Waals surface area (Å²) in [6.45, 7) is 1.47. The van der Waals surface area contributed by atoms with Gasteiger partial charge in [0.05, 0.1) is 12.9 Å². The van der Waals surface area contributed by atoms with Crippen LogP contribution in [0.2, 0.25) is 0 Å². The minimum Gasteiger partial charge on any atom is -0.491 e. The molecule has 1 atom stereocenters. The zero-order chi connectivity index (χ0) is 10.8. The first kappa shape index (κ1) is 9.42. The Labute approximate surface area is 93.4 Å². The average molecular weight is 216 g/mol. The van der Waals surface area contributed by atoms with Crippen LogP contribution in [0.15, 0.2) is 43.0 Å². The molecule has 0 radical (unpaired) electrons. The SMILES string of the molecule is c1cn(-c2ccc(OCC3CO3)cc2)cn1. The van der Waals surface area contributed by atoms with Gasteiger partial charge in [0.25, 0.3) is 0 Å². The largest absolute Gasteiger partial charge is 0.491 e. The second-order valence-electron chi connectivity index (χ2n) is 3.73. The molecule has 1 aromatic heterocycles. The molecular weight excluding hydrogens is 204 g/mol. The van der Waals surface area contributed by atoms with Crippen molar-refractivity contribution in [3.05, 3.63) is 43.0 Å². The lowest BCUT2D eigenvalue weighted by Gasteiger charge is -2.06. The summed E-state index contributed by atoms with van der Waals surface area (Å²) in [5, 5.41) is 0. The van der Waals surface area contributed by atoms with Crippen LogP contribution in [0.3, 0.4) is 0 Å². The number of benzene rings is 1. The fraction of sp³-hybridized carbons (Fsp3) is 0.250. The fourth-order valence-electron chi connectivity index (χ4n) is 1.48. The molecule has 4 nitrogen and oxygen atoms in total. The van der Waals surface area contributed by atoms with Crippen LogP contribution in [0.4, 0.5) is 0 Å². The summed E-state index contributed by atoms with van der Waals surface area (Å²) in [5.74, 6) is 0.874. The normalized spacial score (nSPS) is 18.4. The smallest absolute Gasteiger partial charge is 0.119 e. The number of ether oxygens (including phenoxy) is 2. The molecule has 0 spiro atoms. The van der Waals surface area contributed by atoms with Crippen LogP contribution in [0.5, 0.6) is 5.75 Å². The summed E-state index contributed by atoms with van der Waals surface area (Å²) in [6.07, 6.45) is 5.74. The van der Waals surface area contributed by atoms with Crippen molar-refractivity contribution in [3.63, 3.8) is 0 Å². The molecule has 2 heterocycles. The number of nitrogens with zero attached hydrogens (tertiary/aromatic N) is 2. The van der Waals surface area contributed by atoms with Gasteiger partial charge in [0.1, 0.15) is 18.5 Å². The summed E-state index contributed by atoms with van der Waals surface area (Å²) in [5.41, 5.74) is 1.08. The quantitative estimate of drug-likeness (QED) is 0.729. The molecule has 0 bridgehead atoms. The highest BCUT2D eigenvalue weighted by atomic mass is 16.6. The second-order valence-corrected chi connectivity index (χ2v) is 3.73. The highest BCUT2D eigenvalue weighted by Gasteiger charge is 2.22. The van der Waals surface area contributed by atoms with E-state index in [0.717, 1.165) is 18.0 Å². The van der Waals surface area contributed by atoms with Crippen molar-refractivity contribution in [3.8, 4) is 11.4 Å². The van der Waals surface area contributed by atoms with Crippen LogP contribution in [0, 0.1) is 0 Å². The first-order valence-electron chi connectivity index (χ1n) is 5.24. The Morgan fingerprint density at radius 3 is 2.81 bits per heavy atom. The molecule has 0 aliphatic carbocycles. The van der Waals surface area contributed by atoms with E-state index in [-0.39, 0.29) is 0 Å². The lowest BCUT2D eigenvalue weighted by molar-refractivity contribution is 0.263. The highest BCUT2D eigenvalue weighted by molar-refractivity contribution is 5.37. The van der Waals surface area contributed by atoms with Gasteiger partial charge in [-0.05, 0) is 24.3 Å². The van der Waals surface area contributed by atoms with Gasteiger partial charge >= 0.3 is 0 Å². The van der Waals surface area contributed by atoms with Gasteiger partial charge in [0.15, 0.2) is 0 Å². The maximum Gasteiger partial charge on any atom is 0.119 e. The van der Waals surface area contributed by atoms with Gasteiger partial charge in [-0.3, -0.25) is 0 Å². The standard InChI is InChI=1S/C12H12N2O2/c1-3-11(15-7-12-8-16-12)4-2-10(1)14-6-5-13-9-14/h1-6,9,12H,7-8H2. The molecule has 1 fully saturated rings. The molecule has 0 N–H and O–H groups in total. The van der Waals surface area contributed by atoms with Gasteiger partial charge in [-0.25, -0.2) is 4.98 Å². The summed E-state index contributed by atoms with van der Waals surface area (Å²) in [4.78, 5) is 4.00. The van der Waals surface area contributed by atoms with Crippen molar-refractivity contribution in [1.29, 1.82) is 0 Å². The number of imidazole rings is 1. The van der Waals surface area contributed by atoms with Gasteiger partial charge in [0, 0.05) is 18.1 Å². The number of rotatable bonds is 4. The molecule has 1 aliphatic heterocycles. The number of hydrogen-bond acceptors (Lipinski definition) is 3. The Morgan fingerprint density at radius 2 is 2.19 bits per heavy atom. The van der Waals surface area contributed by atoms with Crippen molar-refractivity contribution in [1.82, 2.24) is 9.55 Å². The van der Waals surface area contributed by atoms with Crippen LogP contribution >= 0.6 is 0 Å². The molecular formula is C12H12N2O2. The summed E-state index contributed by atoms with van der Waals surface area (Å²) in [6, 6.07) is 7.92. The Morgan fingerprint density at radius 1 is 1.38 bits per heavy atom. The molecule has 3 rings (SSSR count). The molecule has 4 heteroatoms. The van der Waals surface area contributed by atoms with Crippen molar-refractivity contribution < 1.29 is 9.47 Å². The maximum atomic E-state index is 5.55. The number of epoxide rings is 1. The minimum atomic E-state index is 0.299. The van der Waals surface area contributed by atoms with E-state index in [4.69, 9.17) is 9.47 Å². The average Bonchev–Trinajstić information content (AvgIpc) is 3.00. The minimum absolute atomic E-state index is 0.299. The highest BCUT2D eigenvalue weighted by Crippen LogP contribution is 2.17. The van der Waals surface area contributed by atoms with Gasteiger partial charge < -0.3 is 14.0 Å². The summed E-state index contributed by atoms with van der Waals surface area (Å²) in [7, 11) is 0. The van der Waals surface area contributed by atoms with Crippen molar-refractivity contribution in [2.24, 2.45) is 0 Å². The fourth-order valence-corrected chi connectivity index (χ4v) is 1.48. The van der Waals surface area contributed by atoms with E-state index < -0.39 is 0 Å². The Balaban J connectivity index is 1.69. The molecule has 0 amide bonds. The van der Waals surface area contributed by atoms with E-state index in [0.29, 0.717) is 12.7 Å². The van der Waals surface area contributed by atoms with Crippen molar-refractivity contribution >= 4 is 0 Å². The Hall–Kier alpha value is -1.81. The Bertz CT molecular complexity index is 446. The third-order valence-corrected chi connectivity index (χ3v) is 2.48. The lowest BCUT2D eigenvalue weighted by atomic mass is 10.3. The monoisotopic (exact) mass is 216 g/mol. The first-order valence-corrected chi connectivity index (χ1v) is 5.24. The molecule has 1 aliphatic rings. The van der Waals surface area contributed by atoms with Crippen LogP contribution in [0.25, 0.3) is 5.69 Å². The number of aromatic nitrogens is 2. The van der Waals surface area contributed by atoms with E-state index in [1.807, 2.05) is 35.0 Å². The maximum absolute atomic E-state index is 5.55. The Kier molecular flexibility index (Phi) is 2.34. The third kappa shape index (κ3) is 2.06. The zero-order valence-electron chi connectivity index (χ0n) is 8.74. The molecule has 1 unspecified atom stereocenters. The van der Waals surface area contributed by atoms with E-state index in [1.54, 1.807) is 12.5 Å². The van der Waals surface area contributed by atoms with Gasteiger partial charge in [-0.2, -0.15) is 0 Å². The predicted molar refractivity (Wildman–Crippen MR) is 58.8 cm³/mol. The van der Waals surface area contributed by atoms with E-state index in [1.165, 1.54) is 0 Å². The summed E-state index contributed by atoms with van der Waals surface area (Å²) < 4.78 is 12.6. The molecule has 0 saturated carbocycles. The number of hydrogen-bond donors (Lipinski definition) is 0. The molecule has 1 aromatic carbocycles. The van der Waals surface area contributed by atoms with Crippen LogP contribution in [0.1, 0.15) is 0 Å².